The van der Waals surface area contributed by atoms with E-state index in [1.807, 2.05) is 36.3 Å². The van der Waals surface area contributed by atoms with Crippen molar-refractivity contribution in [3.05, 3.63) is 88.3 Å². The summed E-state index contributed by atoms with van der Waals surface area (Å²) in [6.07, 6.45) is 10.5. The maximum atomic E-state index is 13.5. The van der Waals surface area contributed by atoms with Gasteiger partial charge < -0.3 is 29.7 Å². The molecule has 6 aliphatic rings. The van der Waals surface area contributed by atoms with Gasteiger partial charge in [0, 0.05) is 112 Å². The zero-order chi connectivity index (χ0) is 50.0. The molecule has 20 heteroatoms. The van der Waals surface area contributed by atoms with Gasteiger partial charge in [-0.1, -0.05) is 6.07 Å². The van der Waals surface area contributed by atoms with Crippen LogP contribution in [0.5, 0.6) is 5.75 Å². The zero-order valence-electron chi connectivity index (χ0n) is 41.1. The highest BCUT2D eigenvalue weighted by Crippen LogP contribution is 2.45. The maximum absolute atomic E-state index is 13.5. The van der Waals surface area contributed by atoms with E-state index in [2.05, 4.69) is 85.8 Å². The Morgan fingerprint density at radius 2 is 1.58 bits per heavy atom. The molecule has 0 radical (unpaired) electrons. The Balaban J connectivity index is 0.699. The highest BCUT2D eigenvalue weighted by Gasteiger charge is 2.45. The topological polar surface area (TPSA) is 190 Å². The lowest BCUT2D eigenvalue weighted by Gasteiger charge is -2.49. The highest BCUT2D eigenvalue weighted by molar-refractivity contribution is 9.10. The SMILES string of the molecule is COc1cc(N2CCN(CC3CCN(C4CN(c5ccc6c(c5)C(=O)N(C5CCC(=O)NC5=O)C6=O)C4)CC3)CC2)c(-c2cnn(C)c2)cc1Nc1ncc(Br)c(Nc2ccc(C3CC3)cc2P(C)(C)=O)n1. The lowest BCUT2D eigenvalue weighted by Crippen LogP contribution is -2.61. The number of amides is 4. The molecular weight excluding hydrogens is 1000 g/mol. The minimum absolute atomic E-state index is 0.0932. The van der Waals surface area contributed by atoms with Crippen LogP contribution in [0, 0.1) is 5.92 Å². The molecule has 1 atom stereocenters. The number of carbonyl (C=O) groups is 4. The lowest BCUT2D eigenvalue weighted by molar-refractivity contribution is -0.136. The Kier molecular flexibility index (Phi) is 13.0. The van der Waals surface area contributed by atoms with Gasteiger partial charge in [0.15, 0.2) is 0 Å². The van der Waals surface area contributed by atoms with E-state index in [-0.39, 0.29) is 18.7 Å². The average Bonchev–Trinajstić information content (AvgIpc) is 4.06. The van der Waals surface area contributed by atoms with Gasteiger partial charge in [0.25, 0.3) is 11.8 Å². The molecule has 0 bridgehead atoms. The Morgan fingerprint density at radius 3 is 2.28 bits per heavy atom. The number of aryl methyl sites for hydroxylation is 1. The maximum Gasteiger partial charge on any atom is 0.262 e. The van der Waals surface area contributed by atoms with Crippen LogP contribution in [0.4, 0.5) is 34.5 Å². The van der Waals surface area contributed by atoms with Crippen LogP contribution in [-0.4, -0.2) is 150 Å². The van der Waals surface area contributed by atoms with Crippen LogP contribution in [0.15, 0.2) is 71.6 Å². The molecule has 5 aromatic rings. The Hall–Kier alpha value is -6.14. The van der Waals surface area contributed by atoms with Crippen molar-refractivity contribution in [2.75, 3.05) is 99.8 Å². The van der Waals surface area contributed by atoms with Gasteiger partial charge >= 0.3 is 0 Å². The number of hydrogen-bond donors (Lipinski definition) is 3. The summed E-state index contributed by atoms with van der Waals surface area (Å²) in [6, 6.07) is 15.3. The summed E-state index contributed by atoms with van der Waals surface area (Å²) in [5.41, 5.74) is 7.32. The fourth-order valence-electron chi connectivity index (χ4n) is 11.0. The number of carbonyl (C=O) groups excluding carboxylic acids is 4. The van der Waals surface area contributed by atoms with Crippen molar-refractivity contribution in [3.8, 4) is 16.9 Å². The van der Waals surface area contributed by atoms with Gasteiger partial charge in [-0.3, -0.25) is 43.9 Å². The van der Waals surface area contributed by atoms with Gasteiger partial charge in [0.1, 0.15) is 24.8 Å². The van der Waals surface area contributed by atoms with Gasteiger partial charge in [-0.25, -0.2) is 4.98 Å². The summed E-state index contributed by atoms with van der Waals surface area (Å²) in [5, 5.41) is 14.5. The first-order valence-electron chi connectivity index (χ1n) is 25.0. The Labute approximate surface area is 427 Å². The van der Waals surface area contributed by atoms with E-state index in [9.17, 15) is 23.7 Å². The number of piperidine rings is 2. The zero-order valence-corrected chi connectivity index (χ0v) is 43.5. The number of likely N-dealkylation sites (tertiary alicyclic amines) is 1. The Bertz CT molecular complexity index is 3030. The molecule has 1 saturated carbocycles. The van der Waals surface area contributed by atoms with Crippen molar-refractivity contribution in [3.63, 3.8) is 0 Å². The first kappa shape index (κ1) is 48.1. The number of aromatic nitrogens is 4. The van der Waals surface area contributed by atoms with Crippen molar-refractivity contribution in [2.45, 2.75) is 56.5 Å². The molecule has 1 unspecified atom stereocenters. The molecule has 72 heavy (non-hydrogen) atoms. The van der Waals surface area contributed by atoms with E-state index in [0.717, 1.165) is 110 Å². The smallest absolute Gasteiger partial charge is 0.262 e. The molecule has 3 aromatic carbocycles. The van der Waals surface area contributed by atoms with Crippen LogP contribution in [0.3, 0.4) is 0 Å². The number of methoxy groups -OCH3 is 1. The lowest BCUT2D eigenvalue weighted by atomic mass is 9.93. The van der Waals surface area contributed by atoms with Crippen LogP contribution >= 0.6 is 23.1 Å². The van der Waals surface area contributed by atoms with E-state index >= 15 is 0 Å². The quantitative estimate of drug-likeness (QED) is 0.0820. The average molecular weight is 1060 g/mol. The molecule has 0 spiro atoms. The molecule has 1 aliphatic carbocycles. The van der Waals surface area contributed by atoms with Crippen molar-refractivity contribution in [2.24, 2.45) is 13.0 Å². The predicted molar refractivity (Wildman–Crippen MR) is 281 cm³/mol. The number of fused-ring (bicyclic) bond motifs is 1. The van der Waals surface area contributed by atoms with E-state index < -0.39 is 30.9 Å². The minimum atomic E-state index is -2.60. The molecule has 3 N–H and O–H groups in total. The third kappa shape index (κ3) is 9.63. The summed E-state index contributed by atoms with van der Waals surface area (Å²) < 4.78 is 22.0. The number of rotatable bonds is 14. The second kappa shape index (κ2) is 19.4. The summed E-state index contributed by atoms with van der Waals surface area (Å²) in [4.78, 5) is 71.3. The molecular formula is C52H60BrN12O6P. The summed E-state index contributed by atoms with van der Waals surface area (Å²) >= 11 is 3.64. The third-order valence-electron chi connectivity index (χ3n) is 15.3. The van der Waals surface area contributed by atoms with Crippen LogP contribution in [0.1, 0.15) is 70.7 Å². The normalized spacial score (nSPS) is 20.5. The van der Waals surface area contributed by atoms with Crippen molar-refractivity contribution in [1.82, 2.24) is 39.8 Å². The van der Waals surface area contributed by atoms with Gasteiger partial charge in [-0.05, 0) is 128 Å². The number of nitrogens with zero attached hydrogens (tertiary/aromatic N) is 9. The second-order valence-corrected chi connectivity index (χ2v) is 24.6. The van der Waals surface area contributed by atoms with Crippen molar-refractivity contribution < 1.29 is 28.5 Å². The Morgan fingerprint density at radius 1 is 0.819 bits per heavy atom. The number of ether oxygens (including phenoxy) is 1. The third-order valence-corrected chi connectivity index (χ3v) is 17.4. The van der Waals surface area contributed by atoms with Gasteiger partial charge in [-0.2, -0.15) is 10.1 Å². The van der Waals surface area contributed by atoms with E-state index in [1.165, 1.54) is 18.4 Å². The fraction of sp³-hybridized carbons (Fsp3) is 0.442. The highest BCUT2D eigenvalue weighted by atomic mass is 79.9. The molecule has 4 saturated heterocycles. The summed E-state index contributed by atoms with van der Waals surface area (Å²) in [5.74, 6) is 0.811. The molecule has 11 rings (SSSR count). The van der Waals surface area contributed by atoms with Gasteiger partial charge in [0.2, 0.25) is 17.8 Å². The number of anilines is 6. The number of hydrogen-bond acceptors (Lipinski definition) is 15. The van der Waals surface area contributed by atoms with E-state index in [0.29, 0.717) is 56.7 Å². The van der Waals surface area contributed by atoms with Gasteiger partial charge in [0.05, 0.1) is 40.3 Å². The largest absolute Gasteiger partial charge is 0.494 e. The standard InChI is InChI=1S/C52H60BrN12O6P/c1-60-28-34(25-55-60)38-23-42(57-52-54-26-40(53)48(59-52)56-41-10-7-33(32-5-6-32)21-46(41)72(3,4)70)45(71-2)24-44(38)63-19-17-61(18-20-63)27-31-13-15-62(16-14-31)36-29-64(30-36)35-8-9-37-39(22-35)51(69)65(50(37)68)43-11-12-47(66)58-49(43)67/h7-10,21-26,28,31-32,36,43H,5-6,11-20,27,29-30H2,1-4H3,(H,58,66,67)(H2,54,56,57,59). The first-order chi connectivity index (χ1) is 34.7. The van der Waals surface area contributed by atoms with Crippen LogP contribution in [0.25, 0.3) is 11.1 Å². The molecule has 2 aromatic heterocycles. The fourth-order valence-corrected chi connectivity index (χ4v) is 12.5. The predicted octanol–water partition coefficient (Wildman–Crippen LogP) is 6.38. The second-order valence-electron chi connectivity index (χ2n) is 20.5. The molecule has 376 valence electrons. The number of piperazine rings is 1. The molecule has 5 aliphatic heterocycles. The van der Waals surface area contributed by atoms with Crippen molar-refractivity contribution >= 4 is 86.5 Å². The van der Waals surface area contributed by atoms with Gasteiger partial charge in [-0.15, -0.1) is 0 Å². The molecule has 7 heterocycles. The molecule has 4 amide bonds. The summed E-state index contributed by atoms with van der Waals surface area (Å²) in [7, 11) is 0.998. The van der Waals surface area contributed by atoms with E-state index in [4.69, 9.17) is 9.72 Å². The van der Waals surface area contributed by atoms with Crippen LogP contribution < -0.4 is 35.8 Å². The number of benzene rings is 3. The summed E-state index contributed by atoms with van der Waals surface area (Å²) in [6.45, 7) is 12.1. The first-order valence-corrected chi connectivity index (χ1v) is 28.4. The van der Waals surface area contributed by atoms with Crippen molar-refractivity contribution in [1.29, 1.82) is 0 Å². The molecule has 5 fully saturated rings. The number of nitrogens with one attached hydrogen (secondary N) is 3. The number of imide groups is 2. The van der Waals surface area contributed by atoms with Crippen LogP contribution in [-0.2, 0) is 21.2 Å². The molecule has 18 nitrogen and oxygen atoms in total. The van der Waals surface area contributed by atoms with E-state index in [1.54, 1.807) is 38.8 Å². The monoisotopic (exact) mass is 1060 g/mol. The van der Waals surface area contributed by atoms with Crippen LogP contribution in [0.2, 0.25) is 0 Å². The minimum Gasteiger partial charge on any atom is -0.494 e. The number of halogens is 1.